The average molecular weight is 446 g/mol. The summed E-state index contributed by atoms with van der Waals surface area (Å²) >= 11 is 0. The molecule has 0 unspecified atom stereocenters. The number of guanidine groups is 1. The molecule has 0 atom stereocenters. The molecule has 0 aromatic heterocycles. The maximum absolute atomic E-state index is 4.64. The molecular weight excluding hydrogens is 411 g/mol. The number of halogens is 1. The van der Waals surface area contributed by atoms with E-state index >= 15 is 0 Å². The van der Waals surface area contributed by atoms with Gasteiger partial charge in [-0.15, -0.1) is 24.0 Å². The van der Waals surface area contributed by atoms with Crippen LogP contribution in [0.4, 0.5) is 0 Å². The summed E-state index contributed by atoms with van der Waals surface area (Å²) in [5.41, 5.74) is 1.24. The van der Waals surface area contributed by atoms with Gasteiger partial charge in [-0.05, 0) is 46.0 Å². The van der Waals surface area contributed by atoms with Crippen molar-refractivity contribution in [2.24, 2.45) is 4.99 Å². The van der Waals surface area contributed by atoms with Crippen LogP contribution < -0.4 is 10.6 Å². The van der Waals surface area contributed by atoms with E-state index in [1.165, 1.54) is 44.2 Å². The van der Waals surface area contributed by atoms with Gasteiger partial charge in [0, 0.05) is 13.1 Å². The van der Waals surface area contributed by atoms with E-state index in [1.54, 1.807) is 0 Å². The maximum Gasteiger partial charge on any atom is 0.191 e. The normalized spacial score (nSPS) is 11.2. The smallest absolute Gasteiger partial charge is 0.191 e. The van der Waals surface area contributed by atoms with E-state index in [4.69, 9.17) is 0 Å². The molecule has 4 nitrogen and oxygen atoms in total. The molecule has 0 aliphatic carbocycles. The average Bonchev–Trinajstić information content (AvgIpc) is 2.55. The summed E-state index contributed by atoms with van der Waals surface area (Å²) in [6, 6.07) is 10.4. The van der Waals surface area contributed by atoms with E-state index in [2.05, 4.69) is 65.8 Å². The molecule has 1 rings (SSSR count). The Morgan fingerprint density at radius 2 is 1.62 bits per heavy atom. The van der Waals surface area contributed by atoms with Gasteiger partial charge in [0.15, 0.2) is 5.96 Å². The van der Waals surface area contributed by atoms with E-state index in [0.717, 1.165) is 25.6 Å². The molecule has 24 heavy (non-hydrogen) atoms. The summed E-state index contributed by atoms with van der Waals surface area (Å²) < 4.78 is 0. The second-order valence-corrected chi connectivity index (χ2v) is 6.18. The topological polar surface area (TPSA) is 39.7 Å². The number of aliphatic imine (C=N–C) groups is 1. The fourth-order valence-electron chi connectivity index (χ4n) is 2.39. The first kappa shape index (κ1) is 23.2. The summed E-state index contributed by atoms with van der Waals surface area (Å²) in [6.07, 6.45) is 6.46. The van der Waals surface area contributed by atoms with Gasteiger partial charge in [0.2, 0.25) is 0 Å². The summed E-state index contributed by atoms with van der Waals surface area (Å²) in [4.78, 5) is 6.90. The zero-order valence-electron chi connectivity index (χ0n) is 15.6. The zero-order chi connectivity index (χ0) is 16.8. The van der Waals surface area contributed by atoms with Crippen molar-refractivity contribution >= 4 is 29.9 Å². The summed E-state index contributed by atoms with van der Waals surface area (Å²) in [5.74, 6) is 0.920. The van der Waals surface area contributed by atoms with Crippen LogP contribution in [0.1, 0.15) is 44.6 Å². The minimum absolute atomic E-state index is 0. The SMILES string of the molecule is CCNC(=NCc1ccccc1)NCCCCCCCN(C)C.I. The molecule has 0 fully saturated rings. The van der Waals surface area contributed by atoms with Crippen molar-refractivity contribution < 1.29 is 0 Å². The van der Waals surface area contributed by atoms with Gasteiger partial charge < -0.3 is 15.5 Å². The van der Waals surface area contributed by atoms with Crippen molar-refractivity contribution in [1.82, 2.24) is 15.5 Å². The Balaban J connectivity index is 0.00000529. The molecule has 138 valence electrons. The molecule has 0 spiro atoms. The predicted molar refractivity (Wildman–Crippen MR) is 116 cm³/mol. The van der Waals surface area contributed by atoms with Gasteiger partial charge in [-0.25, -0.2) is 4.99 Å². The largest absolute Gasteiger partial charge is 0.357 e. The lowest BCUT2D eigenvalue weighted by Crippen LogP contribution is -2.37. The molecule has 0 amide bonds. The summed E-state index contributed by atoms with van der Waals surface area (Å²) in [6.45, 7) is 5.92. The molecular formula is C19H35IN4. The van der Waals surface area contributed by atoms with Crippen LogP contribution in [0.3, 0.4) is 0 Å². The molecule has 2 N–H and O–H groups in total. The highest BCUT2D eigenvalue weighted by Gasteiger charge is 1.97. The van der Waals surface area contributed by atoms with Crippen LogP contribution in [0.5, 0.6) is 0 Å². The lowest BCUT2D eigenvalue weighted by atomic mass is 10.1. The highest BCUT2D eigenvalue weighted by atomic mass is 127. The van der Waals surface area contributed by atoms with Gasteiger partial charge in [-0.2, -0.15) is 0 Å². The molecule has 0 aliphatic rings. The molecule has 0 saturated carbocycles. The Morgan fingerprint density at radius 1 is 0.958 bits per heavy atom. The second kappa shape index (κ2) is 15.7. The number of hydrogen-bond acceptors (Lipinski definition) is 2. The Hall–Kier alpha value is -0.820. The first-order valence-electron chi connectivity index (χ1n) is 8.93. The van der Waals surface area contributed by atoms with Crippen molar-refractivity contribution in [3.63, 3.8) is 0 Å². The van der Waals surface area contributed by atoms with Gasteiger partial charge in [0.1, 0.15) is 0 Å². The van der Waals surface area contributed by atoms with Gasteiger partial charge in [-0.3, -0.25) is 0 Å². The summed E-state index contributed by atoms with van der Waals surface area (Å²) in [5, 5.41) is 6.74. The third-order valence-corrected chi connectivity index (χ3v) is 3.68. The standard InChI is InChI=1S/C19H34N4.HI/c1-4-20-19(22-17-18-13-9-8-10-14-18)21-15-11-6-5-7-12-16-23(2)3;/h8-10,13-14H,4-7,11-12,15-17H2,1-3H3,(H2,20,21,22);1H. The van der Waals surface area contributed by atoms with Gasteiger partial charge in [0.25, 0.3) is 0 Å². The predicted octanol–water partition coefficient (Wildman–Crippen LogP) is 3.87. The fraction of sp³-hybridized carbons (Fsp3) is 0.632. The lowest BCUT2D eigenvalue weighted by Gasteiger charge is -2.11. The molecule has 0 saturated heterocycles. The van der Waals surface area contributed by atoms with Crippen LogP contribution >= 0.6 is 24.0 Å². The number of hydrogen-bond donors (Lipinski definition) is 2. The van der Waals surface area contributed by atoms with Crippen LogP contribution in [0.2, 0.25) is 0 Å². The van der Waals surface area contributed by atoms with Crippen LogP contribution in [-0.2, 0) is 6.54 Å². The lowest BCUT2D eigenvalue weighted by molar-refractivity contribution is 0.389. The van der Waals surface area contributed by atoms with Crippen LogP contribution in [0, 0.1) is 0 Å². The third-order valence-electron chi connectivity index (χ3n) is 3.68. The molecule has 1 aromatic rings. The third kappa shape index (κ3) is 12.6. The maximum atomic E-state index is 4.64. The van der Waals surface area contributed by atoms with Crippen molar-refractivity contribution in [1.29, 1.82) is 0 Å². The second-order valence-electron chi connectivity index (χ2n) is 6.18. The fourth-order valence-corrected chi connectivity index (χ4v) is 2.39. The monoisotopic (exact) mass is 446 g/mol. The number of rotatable bonds is 11. The van der Waals surface area contributed by atoms with E-state index in [0.29, 0.717) is 0 Å². The first-order chi connectivity index (χ1) is 11.2. The highest BCUT2D eigenvalue weighted by Crippen LogP contribution is 2.03. The highest BCUT2D eigenvalue weighted by molar-refractivity contribution is 14.0. The Bertz CT molecular complexity index is 421. The molecule has 0 bridgehead atoms. The van der Waals surface area contributed by atoms with Crippen molar-refractivity contribution in [3.8, 4) is 0 Å². The number of benzene rings is 1. The van der Waals surface area contributed by atoms with E-state index in [9.17, 15) is 0 Å². The quantitative estimate of drug-likeness (QED) is 0.235. The van der Waals surface area contributed by atoms with Gasteiger partial charge in [-0.1, -0.05) is 49.6 Å². The van der Waals surface area contributed by atoms with E-state index in [-0.39, 0.29) is 24.0 Å². The molecule has 0 aliphatic heterocycles. The zero-order valence-corrected chi connectivity index (χ0v) is 17.9. The van der Waals surface area contributed by atoms with Gasteiger partial charge in [0.05, 0.1) is 6.54 Å². The molecule has 0 heterocycles. The van der Waals surface area contributed by atoms with Gasteiger partial charge >= 0.3 is 0 Å². The van der Waals surface area contributed by atoms with Crippen LogP contribution in [0.15, 0.2) is 35.3 Å². The van der Waals surface area contributed by atoms with Crippen molar-refractivity contribution in [3.05, 3.63) is 35.9 Å². The number of nitrogens with zero attached hydrogens (tertiary/aromatic N) is 2. The van der Waals surface area contributed by atoms with Crippen LogP contribution in [0.25, 0.3) is 0 Å². The summed E-state index contributed by atoms with van der Waals surface area (Å²) in [7, 11) is 4.28. The Kier molecular flexibility index (Phi) is 15.2. The van der Waals surface area contributed by atoms with Crippen LogP contribution in [-0.4, -0.2) is 44.6 Å². The Morgan fingerprint density at radius 3 is 2.29 bits per heavy atom. The van der Waals surface area contributed by atoms with Crippen molar-refractivity contribution in [2.45, 2.75) is 45.6 Å². The van der Waals surface area contributed by atoms with E-state index < -0.39 is 0 Å². The number of unbranched alkanes of at least 4 members (excludes halogenated alkanes) is 4. The Labute approximate surface area is 165 Å². The molecule has 0 radical (unpaired) electrons. The molecule has 5 heteroatoms. The number of nitrogens with one attached hydrogen (secondary N) is 2. The minimum Gasteiger partial charge on any atom is -0.357 e. The van der Waals surface area contributed by atoms with Crippen molar-refractivity contribution in [2.75, 3.05) is 33.7 Å². The molecule has 1 aromatic carbocycles. The minimum atomic E-state index is 0. The van der Waals surface area contributed by atoms with E-state index in [1.807, 2.05) is 6.07 Å². The first-order valence-corrected chi connectivity index (χ1v) is 8.93.